The molecule has 1 heterocycles. The maximum atomic E-state index is 9.15. The third-order valence-electron chi connectivity index (χ3n) is 3.49. The topological polar surface area (TPSA) is 50.8 Å². The van der Waals surface area contributed by atoms with E-state index in [0.29, 0.717) is 5.69 Å². The normalized spacial score (nSPS) is 10.2. The summed E-state index contributed by atoms with van der Waals surface area (Å²) in [5, 5.41) is 13.5. The van der Waals surface area contributed by atoms with Crippen molar-refractivity contribution in [3.05, 3.63) is 65.9 Å². The van der Waals surface area contributed by atoms with Gasteiger partial charge in [-0.05, 0) is 43.3 Å². The van der Waals surface area contributed by atoms with E-state index >= 15 is 0 Å². The summed E-state index contributed by atoms with van der Waals surface area (Å²) < 4.78 is 6.98. The van der Waals surface area contributed by atoms with Crippen molar-refractivity contribution in [1.29, 1.82) is 5.26 Å². The van der Waals surface area contributed by atoms with Crippen molar-refractivity contribution in [3.8, 4) is 28.8 Å². The highest BCUT2D eigenvalue weighted by Gasteiger charge is 2.11. The van der Waals surface area contributed by atoms with Crippen LogP contribution in [0.5, 0.6) is 5.75 Å². The lowest BCUT2D eigenvalue weighted by Crippen LogP contribution is -1.99. The van der Waals surface area contributed by atoms with Gasteiger partial charge in [0, 0.05) is 11.6 Å². The number of ether oxygens (including phenoxy) is 1. The standard InChI is InChI=1S/C18H15N3O/c1-13-3-7-16(8-4-13)21-18(11-15(12-19)20-21)14-5-9-17(22-2)10-6-14/h3-11H,1-2H3. The molecule has 0 fully saturated rings. The molecule has 3 rings (SSSR count). The van der Waals surface area contributed by atoms with Gasteiger partial charge in [-0.25, -0.2) is 4.68 Å². The number of rotatable bonds is 3. The van der Waals surface area contributed by atoms with Gasteiger partial charge in [-0.3, -0.25) is 0 Å². The average molecular weight is 289 g/mol. The Morgan fingerprint density at radius 2 is 1.73 bits per heavy atom. The molecule has 0 saturated heterocycles. The van der Waals surface area contributed by atoms with Crippen molar-refractivity contribution in [2.75, 3.05) is 7.11 Å². The first kappa shape index (κ1) is 13.9. The number of benzene rings is 2. The summed E-state index contributed by atoms with van der Waals surface area (Å²) in [6, 6.07) is 19.7. The van der Waals surface area contributed by atoms with Crippen molar-refractivity contribution in [1.82, 2.24) is 9.78 Å². The van der Waals surface area contributed by atoms with Gasteiger partial charge >= 0.3 is 0 Å². The van der Waals surface area contributed by atoms with Crippen LogP contribution in [0.4, 0.5) is 0 Å². The maximum absolute atomic E-state index is 9.15. The third-order valence-corrected chi connectivity index (χ3v) is 3.49. The van der Waals surface area contributed by atoms with Crippen LogP contribution in [0.1, 0.15) is 11.3 Å². The van der Waals surface area contributed by atoms with Gasteiger partial charge in [-0.15, -0.1) is 0 Å². The first-order valence-electron chi connectivity index (χ1n) is 6.93. The van der Waals surface area contributed by atoms with Crippen LogP contribution in [-0.2, 0) is 0 Å². The molecule has 0 aliphatic carbocycles. The molecule has 0 spiro atoms. The molecule has 22 heavy (non-hydrogen) atoms. The lowest BCUT2D eigenvalue weighted by Gasteiger charge is -2.08. The van der Waals surface area contributed by atoms with E-state index in [1.807, 2.05) is 55.5 Å². The Morgan fingerprint density at radius 3 is 2.32 bits per heavy atom. The molecule has 1 aromatic heterocycles. The molecule has 0 aliphatic heterocycles. The molecular formula is C18H15N3O. The Kier molecular flexibility index (Phi) is 3.63. The average Bonchev–Trinajstić information content (AvgIpc) is 3.00. The molecule has 4 heteroatoms. The van der Waals surface area contributed by atoms with Crippen molar-refractivity contribution < 1.29 is 4.74 Å². The quantitative estimate of drug-likeness (QED) is 0.738. The van der Waals surface area contributed by atoms with E-state index in [1.54, 1.807) is 17.9 Å². The molecular weight excluding hydrogens is 274 g/mol. The van der Waals surface area contributed by atoms with Gasteiger partial charge in [0.1, 0.15) is 11.8 Å². The molecule has 108 valence electrons. The lowest BCUT2D eigenvalue weighted by atomic mass is 10.1. The molecule has 0 unspecified atom stereocenters. The number of aromatic nitrogens is 2. The Labute approximate surface area is 129 Å². The number of methoxy groups -OCH3 is 1. The molecule has 0 N–H and O–H groups in total. The number of hydrogen-bond donors (Lipinski definition) is 0. The second-order valence-corrected chi connectivity index (χ2v) is 5.00. The molecule has 0 atom stereocenters. The number of nitrogens with zero attached hydrogens (tertiary/aromatic N) is 3. The first-order valence-corrected chi connectivity index (χ1v) is 6.93. The highest BCUT2D eigenvalue weighted by Crippen LogP contribution is 2.26. The SMILES string of the molecule is COc1ccc(-c2cc(C#N)nn2-c2ccc(C)cc2)cc1. The monoisotopic (exact) mass is 289 g/mol. The zero-order chi connectivity index (χ0) is 15.5. The fourth-order valence-electron chi connectivity index (χ4n) is 2.29. The van der Waals surface area contributed by atoms with E-state index in [1.165, 1.54) is 5.56 Å². The van der Waals surface area contributed by atoms with Gasteiger partial charge in [0.15, 0.2) is 5.69 Å². The predicted molar refractivity (Wildman–Crippen MR) is 85.0 cm³/mol. The van der Waals surface area contributed by atoms with Crippen molar-refractivity contribution >= 4 is 0 Å². The maximum Gasteiger partial charge on any atom is 0.163 e. The van der Waals surface area contributed by atoms with E-state index in [4.69, 9.17) is 10.00 Å². The van der Waals surface area contributed by atoms with Crippen molar-refractivity contribution in [2.45, 2.75) is 6.92 Å². The van der Waals surface area contributed by atoms with Gasteiger partial charge in [-0.2, -0.15) is 10.4 Å². The Morgan fingerprint density at radius 1 is 1.05 bits per heavy atom. The Hall–Kier alpha value is -3.06. The second-order valence-electron chi connectivity index (χ2n) is 5.00. The minimum absolute atomic E-state index is 0.395. The Balaban J connectivity index is 2.12. The van der Waals surface area contributed by atoms with Crippen LogP contribution in [-0.4, -0.2) is 16.9 Å². The van der Waals surface area contributed by atoms with Crippen LogP contribution in [0.3, 0.4) is 0 Å². The summed E-state index contributed by atoms with van der Waals surface area (Å²) in [6.07, 6.45) is 0. The fraction of sp³-hybridized carbons (Fsp3) is 0.111. The number of aryl methyl sites for hydroxylation is 1. The summed E-state index contributed by atoms with van der Waals surface area (Å²) in [5.74, 6) is 0.797. The highest BCUT2D eigenvalue weighted by molar-refractivity contribution is 5.64. The van der Waals surface area contributed by atoms with Crippen molar-refractivity contribution in [2.24, 2.45) is 0 Å². The molecule has 0 radical (unpaired) electrons. The van der Waals surface area contributed by atoms with E-state index < -0.39 is 0 Å². The van der Waals surface area contributed by atoms with Crippen LogP contribution < -0.4 is 4.74 Å². The Bertz CT molecular complexity index is 824. The van der Waals surface area contributed by atoms with E-state index in [0.717, 1.165) is 22.7 Å². The third kappa shape index (κ3) is 2.57. The largest absolute Gasteiger partial charge is 0.497 e. The minimum atomic E-state index is 0.395. The van der Waals surface area contributed by atoms with Gasteiger partial charge < -0.3 is 4.74 Å². The molecule has 0 amide bonds. The summed E-state index contributed by atoms with van der Waals surface area (Å²) in [7, 11) is 1.64. The fourth-order valence-corrected chi connectivity index (χ4v) is 2.29. The first-order chi connectivity index (χ1) is 10.7. The molecule has 2 aromatic carbocycles. The van der Waals surface area contributed by atoms with Crippen LogP contribution >= 0.6 is 0 Å². The minimum Gasteiger partial charge on any atom is -0.497 e. The van der Waals surface area contributed by atoms with E-state index in [2.05, 4.69) is 11.2 Å². The molecule has 0 aliphatic rings. The van der Waals surface area contributed by atoms with Crippen LogP contribution in [0, 0.1) is 18.3 Å². The van der Waals surface area contributed by atoms with Crippen LogP contribution in [0.25, 0.3) is 16.9 Å². The predicted octanol–water partition coefficient (Wildman–Crippen LogP) is 3.73. The summed E-state index contributed by atoms with van der Waals surface area (Å²) in [4.78, 5) is 0. The second kappa shape index (κ2) is 5.74. The summed E-state index contributed by atoms with van der Waals surface area (Å²) in [6.45, 7) is 2.04. The zero-order valence-corrected chi connectivity index (χ0v) is 12.4. The number of nitriles is 1. The van der Waals surface area contributed by atoms with Crippen molar-refractivity contribution in [3.63, 3.8) is 0 Å². The number of hydrogen-bond acceptors (Lipinski definition) is 3. The highest BCUT2D eigenvalue weighted by atomic mass is 16.5. The summed E-state index contributed by atoms with van der Waals surface area (Å²) in [5.41, 5.74) is 4.37. The zero-order valence-electron chi connectivity index (χ0n) is 12.4. The van der Waals surface area contributed by atoms with Gasteiger partial charge in [-0.1, -0.05) is 17.7 Å². The smallest absolute Gasteiger partial charge is 0.163 e. The van der Waals surface area contributed by atoms with Crippen LogP contribution in [0.15, 0.2) is 54.6 Å². The molecule has 0 saturated carbocycles. The van der Waals surface area contributed by atoms with Gasteiger partial charge in [0.05, 0.1) is 18.5 Å². The molecule has 4 nitrogen and oxygen atoms in total. The van der Waals surface area contributed by atoms with E-state index in [-0.39, 0.29) is 0 Å². The lowest BCUT2D eigenvalue weighted by molar-refractivity contribution is 0.415. The van der Waals surface area contributed by atoms with Crippen LogP contribution in [0.2, 0.25) is 0 Å². The molecule has 0 bridgehead atoms. The van der Waals surface area contributed by atoms with E-state index in [9.17, 15) is 0 Å². The molecule has 3 aromatic rings. The summed E-state index contributed by atoms with van der Waals surface area (Å²) >= 11 is 0. The van der Waals surface area contributed by atoms with Gasteiger partial charge in [0.2, 0.25) is 0 Å². The van der Waals surface area contributed by atoms with Gasteiger partial charge in [0.25, 0.3) is 0 Å².